The van der Waals surface area contributed by atoms with Crippen LogP contribution in [0.15, 0.2) is 66.9 Å². The second-order valence-electron chi connectivity index (χ2n) is 7.62. The Balaban J connectivity index is 1.33. The van der Waals surface area contributed by atoms with Gasteiger partial charge in [0, 0.05) is 12.7 Å². The van der Waals surface area contributed by atoms with Crippen molar-refractivity contribution in [3.8, 4) is 11.5 Å². The fraction of sp³-hybridized carbons (Fsp3) is 0.200. The molecule has 0 atom stereocenters. The molecule has 2 aromatic carbocycles. The first-order chi connectivity index (χ1) is 16.7. The first-order valence-electron chi connectivity index (χ1n) is 10.7. The number of nitrogens with zero attached hydrogens (tertiary/aromatic N) is 2. The highest BCUT2D eigenvalue weighted by Crippen LogP contribution is 2.23. The van der Waals surface area contributed by atoms with Gasteiger partial charge in [-0.15, -0.1) is 13.2 Å². The van der Waals surface area contributed by atoms with Gasteiger partial charge in [0.1, 0.15) is 23.8 Å². The van der Waals surface area contributed by atoms with Crippen LogP contribution in [0.4, 0.5) is 17.6 Å². The molecule has 1 N–H and O–H groups in total. The van der Waals surface area contributed by atoms with E-state index in [-0.39, 0.29) is 30.5 Å². The van der Waals surface area contributed by atoms with Crippen LogP contribution in [0.3, 0.4) is 0 Å². The Labute approximate surface area is 198 Å². The zero-order valence-electron chi connectivity index (χ0n) is 18.6. The number of hydrogen-bond donors (Lipinski definition) is 1. The van der Waals surface area contributed by atoms with Crippen LogP contribution in [-0.4, -0.2) is 21.7 Å². The molecule has 0 aliphatic carbocycles. The van der Waals surface area contributed by atoms with Gasteiger partial charge in [-0.1, -0.05) is 31.2 Å². The van der Waals surface area contributed by atoms with Crippen molar-refractivity contribution in [1.82, 2.24) is 14.7 Å². The van der Waals surface area contributed by atoms with E-state index in [9.17, 15) is 22.4 Å². The Morgan fingerprint density at radius 1 is 1.00 bits per heavy atom. The maximum atomic E-state index is 14.0. The molecule has 0 aliphatic rings. The molecule has 182 valence electrons. The lowest BCUT2D eigenvalue weighted by Gasteiger charge is -2.11. The molecule has 1 amide bonds. The lowest BCUT2D eigenvalue weighted by atomic mass is 10.2. The summed E-state index contributed by atoms with van der Waals surface area (Å²) >= 11 is 0. The highest BCUT2D eigenvalue weighted by Gasteiger charge is 2.31. The normalized spacial score (nSPS) is 11.5. The fourth-order valence-electron chi connectivity index (χ4n) is 3.49. The third-order valence-electron chi connectivity index (χ3n) is 5.16. The number of fused-ring (bicyclic) bond motifs is 1. The SMILES string of the molecule is CCc1nc2c(F)cccn2c1C(=O)NCc1ccc(OCc2ccc(OC(F)(F)F)cc2)cc1. The molecule has 2 aromatic heterocycles. The molecule has 0 fully saturated rings. The molecule has 6 nitrogen and oxygen atoms in total. The number of pyridine rings is 1. The van der Waals surface area contributed by atoms with Crippen molar-refractivity contribution in [2.45, 2.75) is 32.9 Å². The number of amides is 1. The summed E-state index contributed by atoms with van der Waals surface area (Å²) in [6.45, 7) is 2.25. The maximum absolute atomic E-state index is 14.0. The van der Waals surface area contributed by atoms with Crippen molar-refractivity contribution < 1.29 is 31.8 Å². The second-order valence-corrected chi connectivity index (χ2v) is 7.62. The molecule has 10 heteroatoms. The van der Waals surface area contributed by atoms with E-state index in [0.717, 1.165) is 5.56 Å². The second kappa shape index (κ2) is 10.0. The van der Waals surface area contributed by atoms with E-state index in [1.165, 1.54) is 40.8 Å². The number of aryl methyl sites for hydroxylation is 1. The topological polar surface area (TPSA) is 64.9 Å². The Kier molecular flexibility index (Phi) is 6.90. The standard InChI is InChI=1S/C25H21F4N3O3/c1-2-21-22(32-13-3-4-20(26)23(32)31-21)24(33)30-14-16-5-9-18(10-6-16)34-15-17-7-11-19(12-8-17)35-25(27,28)29/h3-13H,2,14-15H2,1H3,(H,30,33). The molecule has 0 radical (unpaired) electrons. The number of carbonyl (C=O) groups is 1. The van der Waals surface area contributed by atoms with Crippen LogP contribution in [0.1, 0.15) is 34.2 Å². The van der Waals surface area contributed by atoms with Gasteiger partial charge in [-0.3, -0.25) is 9.20 Å². The van der Waals surface area contributed by atoms with E-state index < -0.39 is 12.2 Å². The fourth-order valence-corrected chi connectivity index (χ4v) is 3.49. The Morgan fingerprint density at radius 3 is 2.31 bits per heavy atom. The number of nitrogens with one attached hydrogen (secondary N) is 1. The van der Waals surface area contributed by atoms with Crippen molar-refractivity contribution >= 4 is 11.6 Å². The summed E-state index contributed by atoms with van der Waals surface area (Å²) in [5.74, 6) is -0.602. The first kappa shape index (κ1) is 24.1. The van der Waals surface area contributed by atoms with Crippen LogP contribution < -0.4 is 14.8 Å². The summed E-state index contributed by atoms with van der Waals surface area (Å²) in [5, 5.41) is 2.83. The summed E-state index contributed by atoms with van der Waals surface area (Å²) in [5.41, 5.74) is 2.41. The number of halogens is 4. The molecular formula is C25H21F4N3O3. The molecule has 0 saturated carbocycles. The van der Waals surface area contributed by atoms with Gasteiger partial charge in [0.15, 0.2) is 11.5 Å². The number of carbonyl (C=O) groups excluding carboxylic acids is 1. The molecular weight excluding hydrogens is 466 g/mol. The van der Waals surface area contributed by atoms with Crippen LogP contribution in [0.2, 0.25) is 0 Å². The highest BCUT2D eigenvalue weighted by molar-refractivity contribution is 5.94. The van der Waals surface area contributed by atoms with Crippen molar-refractivity contribution in [2.24, 2.45) is 0 Å². The van der Waals surface area contributed by atoms with Gasteiger partial charge in [0.25, 0.3) is 5.91 Å². The summed E-state index contributed by atoms with van der Waals surface area (Å²) in [4.78, 5) is 17.1. The van der Waals surface area contributed by atoms with E-state index in [1.54, 1.807) is 30.5 Å². The molecule has 35 heavy (non-hydrogen) atoms. The Bertz CT molecular complexity index is 1320. The number of hydrogen-bond acceptors (Lipinski definition) is 4. The van der Waals surface area contributed by atoms with Gasteiger partial charge < -0.3 is 14.8 Å². The minimum atomic E-state index is -4.73. The minimum absolute atomic E-state index is 0.110. The Morgan fingerprint density at radius 2 is 1.66 bits per heavy atom. The molecule has 0 aliphatic heterocycles. The molecule has 4 rings (SSSR count). The van der Waals surface area contributed by atoms with Gasteiger partial charge in [-0.05, 0) is 53.9 Å². The number of ether oxygens (including phenoxy) is 2. The predicted molar refractivity (Wildman–Crippen MR) is 120 cm³/mol. The van der Waals surface area contributed by atoms with Gasteiger partial charge >= 0.3 is 6.36 Å². The lowest BCUT2D eigenvalue weighted by molar-refractivity contribution is -0.274. The lowest BCUT2D eigenvalue weighted by Crippen LogP contribution is -2.25. The van der Waals surface area contributed by atoms with Gasteiger partial charge in [0.2, 0.25) is 0 Å². The number of aromatic nitrogens is 2. The Hall–Kier alpha value is -4.08. The number of imidazole rings is 1. The van der Waals surface area contributed by atoms with Crippen molar-refractivity contribution in [3.05, 3.63) is 95.2 Å². The first-order valence-corrected chi connectivity index (χ1v) is 10.7. The van der Waals surface area contributed by atoms with E-state index in [0.29, 0.717) is 29.1 Å². The largest absolute Gasteiger partial charge is 0.573 e. The van der Waals surface area contributed by atoms with Crippen LogP contribution in [0.25, 0.3) is 5.65 Å². The summed E-state index contributed by atoms with van der Waals surface area (Å²) in [6, 6.07) is 15.3. The molecule has 0 spiro atoms. The molecule has 0 bridgehead atoms. The van der Waals surface area contributed by atoms with Crippen LogP contribution in [0, 0.1) is 5.82 Å². The third kappa shape index (κ3) is 5.89. The minimum Gasteiger partial charge on any atom is -0.489 e. The van der Waals surface area contributed by atoms with E-state index in [2.05, 4.69) is 15.0 Å². The summed E-state index contributed by atoms with van der Waals surface area (Å²) in [7, 11) is 0. The molecule has 0 saturated heterocycles. The zero-order chi connectivity index (χ0) is 25.0. The van der Waals surface area contributed by atoms with Crippen LogP contribution >= 0.6 is 0 Å². The number of benzene rings is 2. The number of alkyl halides is 3. The third-order valence-corrected chi connectivity index (χ3v) is 5.16. The van der Waals surface area contributed by atoms with E-state index in [1.807, 2.05) is 6.92 Å². The smallest absolute Gasteiger partial charge is 0.489 e. The zero-order valence-corrected chi connectivity index (χ0v) is 18.6. The average molecular weight is 487 g/mol. The van der Waals surface area contributed by atoms with E-state index in [4.69, 9.17) is 4.74 Å². The molecule has 4 aromatic rings. The van der Waals surface area contributed by atoms with Gasteiger partial charge in [-0.2, -0.15) is 0 Å². The van der Waals surface area contributed by atoms with E-state index >= 15 is 0 Å². The average Bonchev–Trinajstić information content (AvgIpc) is 3.22. The summed E-state index contributed by atoms with van der Waals surface area (Å²) < 4.78 is 61.7. The van der Waals surface area contributed by atoms with Crippen molar-refractivity contribution in [3.63, 3.8) is 0 Å². The van der Waals surface area contributed by atoms with Crippen molar-refractivity contribution in [2.75, 3.05) is 0 Å². The maximum Gasteiger partial charge on any atom is 0.573 e. The molecule has 0 unspecified atom stereocenters. The van der Waals surface area contributed by atoms with Gasteiger partial charge in [0.05, 0.1) is 5.69 Å². The van der Waals surface area contributed by atoms with Crippen LogP contribution in [0.5, 0.6) is 11.5 Å². The highest BCUT2D eigenvalue weighted by atomic mass is 19.4. The summed E-state index contributed by atoms with van der Waals surface area (Å²) in [6.07, 6.45) is -2.65. The van der Waals surface area contributed by atoms with Gasteiger partial charge in [-0.25, -0.2) is 9.37 Å². The number of rotatable bonds is 8. The van der Waals surface area contributed by atoms with Crippen molar-refractivity contribution in [1.29, 1.82) is 0 Å². The molecule has 2 heterocycles. The predicted octanol–water partition coefficient (Wildman–Crippen LogP) is 5.44. The van der Waals surface area contributed by atoms with Crippen LogP contribution in [-0.2, 0) is 19.6 Å². The monoisotopic (exact) mass is 487 g/mol. The quantitative estimate of drug-likeness (QED) is 0.336.